The van der Waals surface area contributed by atoms with Gasteiger partial charge in [0.2, 0.25) is 0 Å². The van der Waals surface area contributed by atoms with Crippen molar-refractivity contribution in [3.8, 4) is 17.3 Å². The standard InChI is InChI=1S/C25H23N3O2/c1-18-3-5-19(6-4-18)25(13-2-14-25)20-7-9-22(10-8-20)29-17-21-11-15-26-24(27-21)23-12-16-30-28-23/h3-12,15-16H,2,13-14,17H2,1H3. The Balaban J connectivity index is 1.30. The molecule has 4 aromatic rings. The van der Waals surface area contributed by atoms with Crippen LogP contribution in [0, 0.1) is 6.92 Å². The molecule has 2 heterocycles. The summed E-state index contributed by atoms with van der Waals surface area (Å²) in [6.07, 6.45) is 6.88. The van der Waals surface area contributed by atoms with Crippen molar-refractivity contribution in [1.29, 1.82) is 0 Å². The lowest BCUT2D eigenvalue weighted by Gasteiger charge is -2.43. The summed E-state index contributed by atoms with van der Waals surface area (Å²) in [5.41, 5.74) is 5.62. The Kier molecular flexibility index (Phi) is 4.79. The quantitative estimate of drug-likeness (QED) is 0.431. The molecule has 0 bridgehead atoms. The molecular formula is C25H23N3O2. The summed E-state index contributed by atoms with van der Waals surface area (Å²) >= 11 is 0. The highest BCUT2D eigenvalue weighted by Crippen LogP contribution is 2.49. The van der Waals surface area contributed by atoms with Crippen LogP contribution < -0.4 is 4.74 Å². The normalized spacial score (nSPS) is 14.8. The minimum atomic E-state index is 0.144. The zero-order valence-electron chi connectivity index (χ0n) is 16.9. The van der Waals surface area contributed by atoms with Crippen molar-refractivity contribution in [1.82, 2.24) is 15.1 Å². The SMILES string of the molecule is Cc1ccc(C2(c3ccc(OCc4ccnc(-c5ccon5)n4)cc3)CCC2)cc1. The van der Waals surface area contributed by atoms with Crippen LogP contribution in [-0.2, 0) is 12.0 Å². The molecule has 0 N–H and O–H groups in total. The third kappa shape index (κ3) is 3.47. The first-order valence-electron chi connectivity index (χ1n) is 10.3. The van der Waals surface area contributed by atoms with Gasteiger partial charge in [-0.05, 0) is 49.1 Å². The number of rotatable bonds is 6. The first kappa shape index (κ1) is 18.6. The van der Waals surface area contributed by atoms with E-state index in [9.17, 15) is 0 Å². The van der Waals surface area contributed by atoms with E-state index in [4.69, 9.17) is 9.26 Å². The van der Waals surface area contributed by atoms with E-state index in [1.165, 1.54) is 42.2 Å². The number of benzene rings is 2. The molecule has 0 aliphatic heterocycles. The Bertz CT molecular complexity index is 1120. The fourth-order valence-electron chi connectivity index (χ4n) is 4.10. The molecule has 2 aromatic carbocycles. The van der Waals surface area contributed by atoms with Crippen LogP contribution >= 0.6 is 0 Å². The van der Waals surface area contributed by atoms with Gasteiger partial charge in [-0.15, -0.1) is 0 Å². The minimum Gasteiger partial charge on any atom is -0.487 e. The third-order valence-corrected chi connectivity index (χ3v) is 5.99. The van der Waals surface area contributed by atoms with Gasteiger partial charge >= 0.3 is 0 Å². The average Bonchev–Trinajstić information content (AvgIpc) is 3.29. The second-order valence-corrected chi connectivity index (χ2v) is 7.87. The Morgan fingerprint density at radius 2 is 1.67 bits per heavy atom. The molecule has 150 valence electrons. The van der Waals surface area contributed by atoms with Crippen molar-refractivity contribution in [2.75, 3.05) is 0 Å². The van der Waals surface area contributed by atoms with Gasteiger partial charge in [0.1, 0.15) is 18.6 Å². The van der Waals surface area contributed by atoms with Gasteiger partial charge in [0.15, 0.2) is 11.5 Å². The van der Waals surface area contributed by atoms with Gasteiger partial charge in [-0.1, -0.05) is 53.5 Å². The lowest BCUT2D eigenvalue weighted by molar-refractivity contribution is 0.294. The molecular weight excluding hydrogens is 374 g/mol. The summed E-state index contributed by atoms with van der Waals surface area (Å²) in [6.45, 7) is 2.51. The van der Waals surface area contributed by atoms with Gasteiger partial charge in [0, 0.05) is 17.7 Å². The zero-order chi connectivity index (χ0) is 20.4. The maximum absolute atomic E-state index is 5.97. The van der Waals surface area contributed by atoms with E-state index in [1.807, 2.05) is 6.07 Å². The van der Waals surface area contributed by atoms with Crippen LogP contribution in [-0.4, -0.2) is 15.1 Å². The van der Waals surface area contributed by atoms with Crippen molar-refractivity contribution in [3.05, 3.63) is 95.5 Å². The van der Waals surface area contributed by atoms with Gasteiger partial charge in [0.05, 0.1) is 5.69 Å². The number of ether oxygens (including phenoxy) is 1. The monoisotopic (exact) mass is 397 g/mol. The molecule has 0 atom stereocenters. The average molecular weight is 397 g/mol. The van der Waals surface area contributed by atoms with E-state index in [1.54, 1.807) is 12.3 Å². The summed E-state index contributed by atoms with van der Waals surface area (Å²) in [4.78, 5) is 8.73. The summed E-state index contributed by atoms with van der Waals surface area (Å²) in [7, 11) is 0. The van der Waals surface area contributed by atoms with E-state index in [2.05, 4.69) is 70.6 Å². The first-order chi connectivity index (χ1) is 14.7. The minimum absolute atomic E-state index is 0.144. The number of hydrogen-bond donors (Lipinski definition) is 0. The molecule has 0 amide bonds. The summed E-state index contributed by atoms with van der Waals surface area (Å²) < 4.78 is 10.8. The fraction of sp³-hybridized carbons (Fsp3) is 0.240. The predicted octanol–water partition coefficient (Wildman–Crippen LogP) is 5.49. The molecule has 2 aromatic heterocycles. The highest BCUT2D eigenvalue weighted by Gasteiger charge is 2.40. The van der Waals surface area contributed by atoms with Crippen LogP contribution in [0.1, 0.15) is 41.6 Å². The van der Waals surface area contributed by atoms with E-state index in [0.29, 0.717) is 18.1 Å². The van der Waals surface area contributed by atoms with Gasteiger partial charge in [-0.25, -0.2) is 9.97 Å². The van der Waals surface area contributed by atoms with Crippen LogP contribution in [0.5, 0.6) is 5.75 Å². The molecule has 30 heavy (non-hydrogen) atoms. The fourth-order valence-corrected chi connectivity index (χ4v) is 4.10. The molecule has 0 radical (unpaired) electrons. The molecule has 1 saturated carbocycles. The lowest BCUT2D eigenvalue weighted by Crippen LogP contribution is -2.35. The summed E-state index contributed by atoms with van der Waals surface area (Å²) in [6, 6.07) is 21.1. The van der Waals surface area contributed by atoms with Crippen LogP contribution in [0.2, 0.25) is 0 Å². The smallest absolute Gasteiger partial charge is 0.182 e. The topological polar surface area (TPSA) is 61.0 Å². The largest absolute Gasteiger partial charge is 0.487 e. The van der Waals surface area contributed by atoms with Gasteiger partial charge < -0.3 is 9.26 Å². The second-order valence-electron chi connectivity index (χ2n) is 7.87. The number of hydrogen-bond acceptors (Lipinski definition) is 5. The van der Waals surface area contributed by atoms with E-state index >= 15 is 0 Å². The second kappa shape index (κ2) is 7.75. The molecule has 5 heteroatoms. The molecule has 0 unspecified atom stereocenters. The Hall–Kier alpha value is -3.47. The van der Waals surface area contributed by atoms with Crippen molar-refractivity contribution in [3.63, 3.8) is 0 Å². The maximum Gasteiger partial charge on any atom is 0.182 e. The van der Waals surface area contributed by atoms with Crippen LogP contribution in [0.25, 0.3) is 11.5 Å². The molecule has 1 aliphatic rings. The molecule has 1 aliphatic carbocycles. The molecule has 5 nitrogen and oxygen atoms in total. The maximum atomic E-state index is 5.97. The first-order valence-corrected chi connectivity index (χ1v) is 10.3. The number of aromatic nitrogens is 3. The Morgan fingerprint density at radius 1 is 0.933 bits per heavy atom. The van der Waals surface area contributed by atoms with Crippen molar-refractivity contribution in [2.24, 2.45) is 0 Å². The summed E-state index contributed by atoms with van der Waals surface area (Å²) in [5.74, 6) is 1.36. The Morgan fingerprint density at radius 3 is 2.30 bits per heavy atom. The van der Waals surface area contributed by atoms with E-state index in [-0.39, 0.29) is 5.41 Å². The predicted molar refractivity (Wildman–Crippen MR) is 114 cm³/mol. The number of aryl methyl sites for hydroxylation is 1. The van der Waals surface area contributed by atoms with E-state index < -0.39 is 0 Å². The van der Waals surface area contributed by atoms with Crippen molar-refractivity contribution < 1.29 is 9.26 Å². The summed E-state index contributed by atoms with van der Waals surface area (Å²) in [5, 5.41) is 3.88. The van der Waals surface area contributed by atoms with Gasteiger partial charge in [-0.2, -0.15) is 0 Å². The van der Waals surface area contributed by atoms with Crippen molar-refractivity contribution in [2.45, 2.75) is 38.2 Å². The van der Waals surface area contributed by atoms with Crippen LogP contribution in [0.15, 0.2) is 77.6 Å². The highest BCUT2D eigenvalue weighted by atomic mass is 16.5. The molecule has 0 saturated heterocycles. The lowest BCUT2D eigenvalue weighted by atomic mass is 9.60. The Labute approximate surface area is 175 Å². The molecule has 5 rings (SSSR count). The van der Waals surface area contributed by atoms with Crippen molar-refractivity contribution >= 4 is 0 Å². The zero-order valence-corrected chi connectivity index (χ0v) is 16.9. The highest BCUT2D eigenvalue weighted by molar-refractivity contribution is 5.47. The van der Waals surface area contributed by atoms with Crippen LogP contribution in [0.4, 0.5) is 0 Å². The third-order valence-electron chi connectivity index (χ3n) is 5.99. The van der Waals surface area contributed by atoms with Crippen LogP contribution in [0.3, 0.4) is 0 Å². The van der Waals surface area contributed by atoms with Gasteiger partial charge in [-0.3, -0.25) is 0 Å². The number of nitrogens with zero attached hydrogens (tertiary/aromatic N) is 3. The molecule has 1 fully saturated rings. The van der Waals surface area contributed by atoms with Gasteiger partial charge in [0.25, 0.3) is 0 Å². The van der Waals surface area contributed by atoms with E-state index in [0.717, 1.165) is 11.4 Å². The molecule has 0 spiro atoms.